The molecule has 0 aromatic heterocycles. The maximum atomic E-state index is 15.3. The number of amides is 1. The van der Waals surface area contributed by atoms with Gasteiger partial charge in [0.2, 0.25) is 0 Å². The van der Waals surface area contributed by atoms with Crippen molar-refractivity contribution >= 4 is 41.2 Å². The van der Waals surface area contributed by atoms with Gasteiger partial charge in [0, 0.05) is 11.3 Å². The van der Waals surface area contributed by atoms with Gasteiger partial charge in [-0.15, -0.1) is 0 Å². The number of fused-ring (bicyclic) bond motifs is 2. The Morgan fingerprint density at radius 1 is 0.667 bits per heavy atom. The number of rotatable bonds is 7. The first kappa shape index (κ1) is 30.7. The Bertz CT molecular complexity index is 1780. The zero-order valence-corrected chi connectivity index (χ0v) is 25.3. The van der Waals surface area contributed by atoms with Gasteiger partial charge in [0.1, 0.15) is 11.3 Å². The maximum absolute atomic E-state index is 15.3. The van der Waals surface area contributed by atoms with E-state index in [2.05, 4.69) is 0 Å². The SMILES string of the molecule is COC(=O)C1=C(C(=O)OC)N(c2ccc(C)cc2)C2(C(=O)N(Cc3ccccc3)c3ccccc32)C(C(=O)OC)=C1C(=O)OC. The van der Waals surface area contributed by atoms with Gasteiger partial charge in [-0.1, -0.05) is 66.2 Å². The van der Waals surface area contributed by atoms with Crippen LogP contribution in [0.25, 0.3) is 0 Å². The highest BCUT2D eigenvalue weighted by atomic mass is 16.5. The number of methoxy groups -OCH3 is 4. The smallest absolute Gasteiger partial charge is 0.355 e. The fraction of sp³-hybridized carbons (Fsp3) is 0.206. The summed E-state index contributed by atoms with van der Waals surface area (Å²) in [5.41, 5.74) is -2.08. The summed E-state index contributed by atoms with van der Waals surface area (Å²) in [6.07, 6.45) is 0. The molecule has 0 bridgehead atoms. The molecule has 0 radical (unpaired) electrons. The molecule has 2 aliphatic rings. The van der Waals surface area contributed by atoms with E-state index in [9.17, 15) is 19.2 Å². The highest BCUT2D eigenvalue weighted by molar-refractivity contribution is 6.26. The maximum Gasteiger partial charge on any atom is 0.355 e. The molecule has 2 heterocycles. The van der Waals surface area contributed by atoms with Crippen LogP contribution in [0.4, 0.5) is 11.4 Å². The van der Waals surface area contributed by atoms with Crippen LogP contribution in [-0.4, -0.2) is 58.2 Å². The predicted molar refractivity (Wildman–Crippen MR) is 162 cm³/mol. The van der Waals surface area contributed by atoms with Gasteiger partial charge in [0.05, 0.1) is 51.8 Å². The van der Waals surface area contributed by atoms with E-state index < -0.39 is 57.7 Å². The van der Waals surface area contributed by atoms with E-state index in [0.717, 1.165) is 39.6 Å². The van der Waals surface area contributed by atoms with Crippen LogP contribution >= 0.6 is 0 Å². The van der Waals surface area contributed by atoms with Crippen LogP contribution in [0.2, 0.25) is 0 Å². The molecule has 11 nitrogen and oxygen atoms in total. The molecule has 0 saturated heterocycles. The minimum atomic E-state index is -2.25. The Balaban J connectivity index is 2.02. The largest absolute Gasteiger partial charge is 0.466 e. The summed E-state index contributed by atoms with van der Waals surface area (Å²) in [7, 11) is 4.27. The first-order valence-corrected chi connectivity index (χ1v) is 13.8. The average Bonchev–Trinajstić information content (AvgIpc) is 3.30. The second-order valence-corrected chi connectivity index (χ2v) is 10.2. The van der Waals surface area contributed by atoms with Gasteiger partial charge in [0.25, 0.3) is 5.91 Å². The third kappa shape index (κ3) is 4.73. The Morgan fingerprint density at radius 2 is 1.22 bits per heavy atom. The number of hydrogen-bond acceptors (Lipinski definition) is 10. The number of benzene rings is 3. The van der Waals surface area contributed by atoms with Crippen molar-refractivity contribution in [2.75, 3.05) is 38.2 Å². The lowest BCUT2D eigenvalue weighted by molar-refractivity contribution is -0.143. The molecule has 1 spiro atoms. The highest BCUT2D eigenvalue weighted by Crippen LogP contribution is 2.56. The molecule has 0 N–H and O–H groups in total. The second-order valence-electron chi connectivity index (χ2n) is 10.2. The number of hydrogen-bond donors (Lipinski definition) is 0. The van der Waals surface area contributed by atoms with Crippen molar-refractivity contribution in [1.29, 1.82) is 0 Å². The van der Waals surface area contributed by atoms with Crippen LogP contribution in [0, 0.1) is 6.92 Å². The van der Waals surface area contributed by atoms with E-state index in [4.69, 9.17) is 18.9 Å². The van der Waals surface area contributed by atoms with Crippen molar-refractivity contribution in [2.24, 2.45) is 0 Å². The molecule has 230 valence electrons. The fourth-order valence-corrected chi connectivity index (χ4v) is 5.90. The molecule has 0 saturated carbocycles. The predicted octanol–water partition coefficient (Wildman–Crippen LogP) is 3.50. The molecule has 3 aromatic rings. The van der Waals surface area contributed by atoms with Crippen molar-refractivity contribution in [3.05, 3.63) is 118 Å². The number of nitrogens with zero attached hydrogens (tertiary/aromatic N) is 2. The zero-order chi connectivity index (χ0) is 32.5. The molecule has 1 atom stereocenters. The van der Waals surface area contributed by atoms with E-state index >= 15 is 4.79 Å². The Kier molecular flexibility index (Phi) is 8.28. The summed E-state index contributed by atoms with van der Waals surface area (Å²) in [6.45, 7) is 1.92. The molecule has 1 amide bonds. The van der Waals surface area contributed by atoms with Gasteiger partial charge in [0.15, 0.2) is 5.54 Å². The van der Waals surface area contributed by atoms with Crippen molar-refractivity contribution in [2.45, 2.75) is 19.0 Å². The molecule has 5 rings (SSSR count). The minimum absolute atomic E-state index is 0.0727. The lowest BCUT2D eigenvalue weighted by atomic mass is 9.73. The van der Waals surface area contributed by atoms with Gasteiger partial charge in [-0.3, -0.25) is 4.79 Å². The number of anilines is 2. The summed E-state index contributed by atoms with van der Waals surface area (Å²) >= 11 is 0. The van der Waals surface area contributed by atoms with Gasteiger partial charge >= 0.3 is 23.9 Å². The van der Waals surface area contributed by atoms with E-state index in [-0.39, 0.29) is 17.8 Å². The number of aryl methyl sites for hydroxylation is 1. The van der Waals surface area contributed by atoms with E-state index in [1.165, 1.54) is 9.80 Å². The Morgan fingerprint density at radius 3 is 1.82 bits per heavy atom. The normalized spacial score (nSPS) is 17.3. The van der Waals surface area contributed by atoms with Crippen LogP contribution in [0.15, 0.2) is 101 Å². The van der Waals surface area contributed by atoms with Crippen molar-refractivity contribution < 1.29 is 42.9 Å². The summed E-state index contributed by atoms with van der Waals surface area (Å²) in [6, 6.07) is 22.6. The molecule has 2 aliphatic heterocycles. The number of esters is 4. The highest BCUT2D eigenvalue weighted by Gasteiger charge is 2.65. The fourth-order valence-electron chi connectivity index (χ4n) is 5.90. The van der Waals surface area contributed by atoms with Gasteiger partial charge < -0.3 is 28.7 Å². The standard InChI is InChI=1S/C34H30N2O9/c1-20-15-17-22(18-16-20)36-28(32(40)45-5)26(30(38)43-3)25(29(37)42-2)27(31(39)44-4)34(36)23-13-9-10-14-24(23)35(33(34)41)19-21-11-7-6-8-12-21/h6-18H,19H2,1-5H3. The molecule has 0 fully saturated rings. The zero-order valence-electron chi connectivity index (χ0n) is 25.3. The summed E-state index contributed by atoms with van der Waals surface area (Å²) in [5.74, 6) is -5.20. The summed E-state index contributed by atoms with van der Waals surface area (Å²) < 4.78 is 20.5. The van der Waals surface area contributed by atoms with Gasteiger partial charge in [-0.05, 0) is 30.7 Å². The molecule has 3 aromatic carbocycles. The van der Waals surface area contributed by atoms with Gasteiger partial charge in [-0.25, -0.2) is 19.2 Å². The molecule has 1 unspecified atom stereocenters. The Labute approximate surface area is 259 Å². The molecule has 11 heteroatoms. The van der Waals surface area contributed by atoms with Gasteiger partial charge in [-0.2, -0.15) is 0 Å². The minimum Gasteiger partial charge on any atom is -0.466 e. The topological polar surface area (TPSA) is 129 Å². The van der Waals surface area contributed by atoms with Crippen LogP contribution in [-0.2, 0) is 55.0 Å². The van der Waals surface area contributed by atoms with Crippen molar-refractivity contribution in [3.8, 4) is 0 Å². The molecule has 0 aliphatic carbocycles. The number of carbonyl (C=O) groups excluding carboxylic acids is 5. The van der Waals surface area contributed by atoms with E-state index in [1.54, 1.807) is 48.5 Å². The van der Waals surface area contributed by atoms with Crippen molar-refractivity contribution in [1.82, 2.24) is 0 Å². The molecule has 45 heavy (non-hydrogen) atoms. The lowest BCUT2D eigenvalue weighted by Gasteiger charge is -2.46. The molecular weight excluding hydrogens is 580 g/mol. The quantitative estimate of drug-likeness (QED) is 0.290. The number of carbonyl (C=O) groups is 5. The summed E-state index contributed by atoms with van der Waals surface area (Å²) in [4.78, 5) is 73.1. The van der Waals surface area contributed by atoms with E-state index in [0.29, 0.717) is 5.69 Å². The summed E-state index contributed by atoms with van der Waals surface area (Å²) in [5, 5.41) is 0. The average molecular weight is 611 g/mol. The van der Waals surface area contributed by atoms with Crippen LogP contribution in [0.5, 0.6) is 0 Å². The van der Waals surface area contributed by atoms with E-state index in [1.807, 2.05) is 37.3 Å². The first-order valence-electron chi connectivity index (χ1n) is 13.8. The third-order valence-corrected chi connectivity index (χ3v) is 7.82. The first-order chi connectivity index (χ1) is 21.7. The molecular formula is C34H30N2O9. The Hall–Kier alpha value is -5.71. The number of ether oxygens (including phenoxy) is 4. The van der Waals surface area contributed by atoms with Crippen LogP contribution in [0.1, 0.15) is 16.7 Å². The van der Waals surface area contributed by atoms with Crippen molar-refractivity contribution in [3.63, 3.8) is 0 Å². The number of para-hydroxylation sites is 1. The van der Waals surface area contributed by atoms with Crippen LogP contribution < -0.4 is 9.80 Å². The monoisotopic (exact) mass is 610 g/mol. The lowest BCUT2D eigenvalue weighted by Crippen LogP contribution is -2.60. The third-order valence-electron chi connectivity index (χ3n) is 7.82. The second kappa shape index (κ2) is 12.1. The van der Waals surface area contributed by atoms with Crippen LogP contribution in [0.3, 0.4) is 0 Å².